The molecule has 4 heteroatoms. The molecule has 0 spiro atoms. The van der Waals surface area contributed by atoms with E-state index in [0.717, 1.165) is 31.6 Å². The number of halogens is 1. The average molecular weight is 321 g/mol. The molecule has 1 atom stereocenters. The molecule has 122 valence electrons. The van der Waals surface area contributed by atoms with Crippen LogP contribution in [0.4, 0.5) is 10.1 Å². The normalized spacial score (nSPS) is 17.9. The molecule has 1 unspecified atom stereocenters. The highest BCUT2D eigenvalue weighted by atomic mass is 19.1. The predicted octanol–water partition coefficient (Wildman–Crippen LogP) is 4.53. The number of nitrogens with zero attached hydrogens (tertiary/aromatic N) is 3. The molecule has 1 saturated heterocycles. The van der Waals surface area contributed by atoms with E-state index in [1.54, 1.807) is 0 Å². The van der Waals surface area contributed by atoms with Crippen molar-refractivity contribution < 1.29 is 4.39 Å². The Morgan fingerprint density at radius 2 is 1.79 bits per heavy atom. The Balaban J connectivity index is 1.59. The minimum atomic E-state index is -0.183. The molecule has 1 aliphatic rings. The molecule has 24 heavy (non-hydrogen) atoms. The average Bonchev–Trinajstić information content (AvgIpc) is 3.13. The Bertz CT molecular complexity index is 795. The summed E-state index contributed by atoms with van der Waals surface area (Å²) in [6.07, 6.45) is 8.12. The number of aromatic nitrogens is 2. The third-order valence-corrected chi connectivity index (χ3v) is 4.74. The lowest BCUT2D eigenvalue weighted by molar-refractivity contribution is 0.409. The Hall–Kier alpha value is -2.62. The van der Waals surface area contributed by atoms with E-state index < -0.39 is 0 Å². The van der Waals surface area contributed by atoms with E-state index in [0.29, 0.717) is 6.04 Å². The minimum absolute atomic E-state index is 0.183. The number of rotatable bonds is 3. The van der Waals surface area contributed by atoms with Gasteiger partial charge in [-0.05, 0) is 61.4 Å². The highest BCUT2D eigenvalue weighted by Crippen LogP contribution is 2.30. The molecule has 2 aromatic heterocycles. The lowest BCUT2D eigenvalue weighted by Crippen LogP contribution is -2.36. The molecule has 1 aromatic carbocycles. The largest absolute Gasteiger partial charge is 0.369 e. The second-order valence-electron chi connectivity index (χ2n) is 6.26. The maximum absolute atomic E-state index is 13.2. The van der Waals surface area contributed by atoms with Gasteiger partial charge in [-0.1, -0.05) is 0 Å². The molecule has 1 aliphatic heterocycles. The first-order chi connectivity index (χ1) is 11.8. The second kappa shape index (κ2) is 6.48. The topological polar surface area (TPSA) is 21.1 Å². The van der Waals surface area contributed by atoms with Crippen molar-refractivity contribution in [3.8, 4) is 11.3 Å². The molecule has 3 heterocycles. The van der Waals surface area contributed by atoms with Gasteiger partial charge in [-0.15, -0.1) is 0 Å². The van der Waals surface area contributed by atoms with Gasteiger partial charge in [0.25, 0.3) is 0 Å². The number of anilines is 1. The van der Waals surface area contributed by atoms with Crippen LogP contribution in [0.15, 0.2) is 67.1 Å². The van der Waals surface area contributed by atoms with Gasteiger partial charge in [0.1, 0.15) is 5.82 Å². The molecule has 0 saturated carbocycles. The summed E-state index contributed by atoms with van der Waals surface area (Å²) in [6, 6.07) is 15.6. The van der Waals surface area contributed by atoms with Gasteiger partial charge in [0.05, 0.1) is 6.04 Å². The first kappa shape index (κ1) is 14.9. The molecule has 0 bridgehead atoms. The molecule has 3 aromatic rings. The number of piperidine rings is 1. The molecule has 0 amide bonds. The highest BCUT2D eigenvalue weighted by Gasteiger charge is 2.23. The summed E-state index contributed by atoms with van der Waals surface area (Å²) in [5, 5.41) is 0. The van der Waals surface area contributed by atoms with Crippen LogP contribution in [0.1, 0.15) is 18.9 Å². The maximum atomic E-state index is 13.2. The monoisotopic (exact) mass is 321 g/mol. The smallest absolute Gasteiger partial charge is 0.123 e. The first-order valence-corrected chi connectivity index (χ1v) is 8.39. The van der Waals surface area contributed by atoms with Crippen molar-refractivity contribution in [3.63, 3.8) is 0 Å². The highest BCUT2D eigenvalue weighted by molar-refractivity contribution is 5.59. The molecule has 0 N–H and O–H groups in total. The lowest BCUT2D eigenvalue weighted by atomic mass is 10.0. The van der Waals surface area contributed by atoms with Gasteiger partial charge in [0.2, 0.25) is 0 Å². The van der Waals surface area contributed by atoms with Gasteiger partial charge in [0, 0.05) is 48.6 Å². The van der Waals surface area contributed by atoms with Crippen LogP contribution in [0, 0.1) is 5.82 Å². The van der Waals surface area contributed by atoms with Crippen molar-refractivity contribution in [2.75, 3.05) is 18.0 Å². The molecule has 0 radical (unpaired) electrons. The molecule has 1 fully saturated rings. The van der Waals surface area contributed by atoms with E-state index in [1.807, 2.05) is 36.7 Å². The van der Waals surface area contributed by atoms with Gasteiger partial charge >= 0.3 is 0 Å². The zero-order chi connectivity index (χ0) is 16.4. The Morgan fingerprint density at radius 1 is 1.00 bits per heavy atom. The standard InChI is InChI=1S/C20H20FN3/c21-17-5-7-18(8-6-17)23-13-1-3-19(15-23)24-14-2-4-20(24)16-9-11-22-12-10-16/h2,4-12,14,19H,1,3,13,15H2. The summed E-state index contributed by atoms with van der Waals surface area (Å²) in [7, 11) is 0. The van der Waals surface area contributed by atoms with Crippen LogP contribution in [-0.4, -0.2) is 22.6 Å². The summed E-state index contributed by atoms with van der Waals surface area (Å²) in [5.41, 5.74) is 3.51. The summed E-state index contributed by atoms with van der Waals surface area (Å²) >= 11 is 0. The predicted molar refractivity (Wildman–Crippen MR) is 94.5 cm³/mol. The quantitative estimate of drug-likeness (QED) is 0.706. The lowest BCUT2D eigenvalue weighted by Gasteiger charge is -2.36. The zero-order valence-electron chi connectivity index (χ0n) is 13.5. The van der Waals surface area contributed by atoms with Crippen LogP contribution in [-0.2, 0) is 0 Å². The SMILES string of the molecule is Fc1ccc(N2CCCC(n3cccc3-c3ccncc3)C2)cc1. The van der Waals surface area contributed by atoms with Crippen LogP contribution in [0.2, 0.25) is 0 Å². The fourth-order valence-electron chi connectivity index (χ4n) is 3.55. The van der Waals surface area contributed by atoms with Crippen molar-refractivity contribution in [2.24, 2.45) is 0 Å². The van der Waals surface area contributed by atoms with Crippen LogP contribution >= 0.6 is 0 Å². The van der Waals surface area contributed by atoms with E-state index in [1.165, 1.54) is 23.4 Å². The van der Waals surface area contributed by atoms with Gasteiger partial charge < -0.3 is 9.47 Å². The number of benzene rings is 1. The number of hydrogen-bond acceptors (Lipinski definition) is 2. The number of pyridine rings is 1. The molecular weight excluding hydrogens is 301 g/mol. The summed E-state index contributed by atoms with van der Waals surface area (Å²) < 4.78 is 15.5. The van der Waals surface area contributed by atoms with Gasteiger partial charge in [-0.2, -0.15) is 0 Å². The van der Waals surface area contributed by atoms with E-state index >= 15 is 0 Å². The molecule has 3 nitrogen and oxygen atoms in total. The van der Waals surface area contributed by atoms with Crippen molar-refractivity contribution in [1.82, 2.24) is 9.55 Å². The summed E-state index contributed by atoms with van der Waals surface area (Å²) in [4.78, 5) is 6.46. The summed E-state index contributed by atoms with van der Waals surface area (Å²) in [6.45, 7) is 1.96. The Kier molecular flexibility index (Phi) is 4.03. The summed E-state index contributed by atoms with van der Waals surface area (Å²) in [5.74, 6) is -0.183. The fraction of sp³-hybridized carbons (Fsp3) is 0.250. The molecule has 4 rings (SSSR count). The van der Waals surface area contributed by atoms with Crippen molar-refractivity contribution in [3.05, 3.63) is 72.9 Å². The minimum Gasteiger partial charge on any atom is -0.369 e. The zero-order valence-corrected chi connectivity index (χ0v) is 13.5. The number of hydrogen-bond donors (Lipinski definition) is 0. The van der Waals surface area contributed by atoms with E-state index in [4.69, 9.17) is 0 Å². The second-order valence-corrected chi connectivity index (χ2v) is 6.26. The van der Waals surface area contributed by atoms with Crippen LogP contribution < -0.4 is 4.90 Å². The third kappa shape index (κ3) is 2.92. The van der Waals surface area contributed by atoms with Gasteiger partial charge in [0.15, 0.2) is 0 Å². The third-order valence-electron chi connectivity index (χ3n) is 4.74. The maximum Gasteiger partial charge on any atom is 0.123 e. The van der Waals surface area contributed by atoms with Gasteiger partial charge in [-0.25, -0.2) is 4.39 Å². The molecular formula is C20H20FN3. The molecule has 0 aliphatic carbocycles. The Labute approximate surface area is 141 Å². The van der Waals surface area contributed by atoms with Crippen LogP contribution in [0.25, 0.3) is 11.3 Å². The van der Waals surface area contributed by atoms with E-state index in [2.05, 4.69) is 32.8 Å². The van der Waals surface area contributed by atoms with E-state index in [-0.39, 0.29) is 5.82 Å². The van der Waals surface area contributed by atoms with Crippen LogP contribution in [0.3, 0.4) is 0 Å². The fourth-order valence-corrected chi connectivity index (χ4v) is 3.55. The van der Waals surface area contributed by atoms with E-state index in [9.17, 15) is 4.39 Å². The van der Waals surface area contributed by atoms with Crippen molar-refractivity contribution >= 4 is 5.69 Å². The first-order valence-electron chi connectivity index (χ1n) is 8.39. The van der Waals surface area contributed by atoms with Crippen molar-refractivity contribution in [2.45, 2.75) is 18.9 Å². The van der Waals surface area contributed by atoms with Crippen LogP contribution in [0.5, 0.6) is 0 Å². The Morgan fingerprint density at radius 3 is 2.58 bits per heavy atom. The van der Waals surface area contributed by atoms with Crippen molar-refractivity contribution in [1.29, 1.82) is 0 Å². The van der Waals surface area contributed by atoms with Gasteiger partial charge in [-0.3, -0.25) is 4.98 Å².